The van der Waals surface area contributed by atoms with Gasteiger partial charge in [0.15, 0.2) is 0 Å². The molecule has 1 aromatic rings. The van der Waals surface area contributed by atoms with Crippen molar-refractivity contribution in [2.75, 3.05) is 0 Å². The second-order valence-electron chi connectivity index (χ2n) is 7.72. The van der Waals surface area contributed by atoms with Gasteiger partial charge in [-0.05, 0) is 44.0 Å². The molecule has 7 nitrogen and oxygen atoms in total. The van der Waals surface area contributed by atoms with Crippen molar-refractivity contribution in [1.82, 2.24) is 16.3 Å². The summed E-state index contributed by atoms with van der Waals surface area (Å²) < 4.78 is 5.09. The first-order valence-electron chi connectivity index (χ1n) is 8.32. The van der Waals surface area contributed by atoms with E-state index in [4.69, 9.17) is 4.74 Å². The minimum absolute atomic E-state index is 0.101. The van der Waals surface area contributed by atoms with Gasteiger partial charge >= 0.3 is 6.09 Å². The Hall–Kier alpha value is -2.83. The van der Waals surface area contributed by atoms with Crippen LogP contribution in [0.2, 0.25) is 0 Å². The van der Waals surface area contributed by atoms with Crippen molar-refractivity contribution >= 4 is 24.3 Å². The van der Waals surface area contributed by atoms with Gasteiger partial charge in [-0.1, -0.05) is 39.0 Å². The van der Waals surface area contributed by atoms with Gasteiger partial charge in [0.05, 0.1) is 6.21 Å². The van der Waals surface area contributed by atoms with Gasteiger partial charge in [-0.15, -0.1) is 0 Å². The van der Waals surface area contributed by atoms with Crippen LogP contribution < -0.4 is 16.3 Å². The molecule has 0 saturated carbocycles. The highest BCUT2D eigenvalue weighted by Crippen LogP contribution is 2.11. The van der Waals surface area contributed by atoms with Crippen LogP contribution in [0.15, 0.2) is 35.6 Å². The number of hydrogen-bond donors (Lipinski definition) is 3. The van der Waals surface area contributed by atoms with Gasteiger partial charge in [0, 0.05) is 11.6 Å². The Balaban J connectivity index is 2.55. The molecule has 0 saturated heterocycles. The van der Waals surface area contributed by atoms with Gasteiger partial charge in [0.25, 0.3) is 0 Å². The number of rotatable bonds is 5. The number of hydrogen-bond acceptors (Lipinski definition) is 5. The van der Waals surface area contributed by atoms with Gasteiger partial charge in [-0.3, -0.25) is 10.2 Å². The fourth-order valence-electron chi connectivity index (χ4n) is 1.64. The average molecular weight is 360 g/mol. The number of carbonyl (C=O) groups excluding carboxylic acids is 2. The molecular weight excluding hydrogens is 332 g/mol. The van der Waals surface area contributed by atoms with Gasteiger partial charge in [0.2, 0.25) is 5.91 Å². The van der Waals surface area contributed by atoms with Crippen molar-refractivity contribution in [2.24, 2.45) is 10.5 Å². The number of hydrazone groups is 1. The summed E-state index contributed by atoms with van der Waals surface area (Å²) in [4.78, 5) is 23.2. The lowest BCUT2D eigenvalue weighted by Gasteiger charge is -2.18. The van der Waals surface area contributed by atoms with E-state index in [1.165, 1.54) is 6.21 Å². The molecule has 0 atom stereocenters. The van der Waals surface area contributed by atoms with E-state index in [-0.39, 0.29) is 5.91 Å². The summed E-state index contributed by atoms with van der Waals surface area (Å²) in [6.07, 6.45) is 4.36. The van der Waals surface area contributed by atoms with Gasteiger partial charge < -0.3 is 10.2 Å². The van der Waals surface area contributed by atoms with Crippen LogP contribution in [-0.2, 0) is 9.53 Å². The largest absolute Gasteiger partial charge is 0.443 e. The Labute approximate surface area is 154 Å². The van der Waals surface area contributed by atoms with Gasteiger partial charge in [-0.25, -0.2) is 10.2 Å². The molecule has 0 aromatic heterocycles. The van der Waals surface area contributed by atoms with Crippen molar-refractivity contribution in [2.45, 2.75) is 47.1 Å². The van der Waals surface area contributed by atoms with Gasteiger partial charge in [0.1, 0.15) is 5.60 Å². The lowest BCUT2D eigenvalue weighted by atomic mass is 9.96. The molecule has 0 fully saturated rings. The second kappa shape index (κ2) is 9.03. The average Bonchev–Trinajstić information content (AvgIpc) is 2.49. The number of ether oxygens (including phenoxy) is 1. The van der Waals surface area contributed by atoms with E-state index in [1.54, 1.807) is 27.0 Å². The molecule has 7 heteroatoms. The molecule has 0 unspecified atom stereocenters. The third kappa shape index (κ3) is 8.86. The summed E-state index contributed by atoms with van der Waals surface area (Å²) >= 11 is 0. The molecule has 0 bridgehead atoms. The number of nitrogens with one attached hydrogen (secondary N) is 3. The van der Waals surface area contributed by atoms with Crippen molar-refractivity contribution in [3.05, 3.63) is 41.6 Å². The van der Waals surface area contributed by atoms with E-state index in [1.807, 2.05) is 51.1 Å². The number of benzene rings is 1. The Morgan fingerprint density at radius 3 is 2.35 bits per heavy atom. The minimum Gasteiger partial charge on any atom is -0.443 e. The smallest absolute Gasteiger partial charge is 0.428 e. The van der Waals surface area contributed by atoms with Crippen LogP contribution in [0, 0.1) is 5.41 Å². The van der Waals surface area contributed by atoms with Crippen molar-refractivity contribution in [3.63, 3.8) is 0 Å². The Bertz CT molecular complexity index is 683. The van der Waals surface area contributed by atoms with Crippen LogP contribution in [0.3, 0.4) is 0 Å². The third-order valence-corrected chi connectivity index (χ3v) is 2.91. The summed E-state index contributed by atoms with van der Waals surface area (Å²) in [7, 11) is 0. The molecule has 2 amide bonds. The summed E-state index contributed by atoms with van der Waals surface area (Å²) in [5, 5.41) is 3.87. The summed E-state index contributed by atoms with van der Waals surface area (Å²) in [5.41, 5.74) is 8.36. The molecule has 142 valence electrons. The molecule has 0 radical (unpaired) electrons. The van der Waals surface area contributed by atoms with E-state index in [9.17, 15) is 9.59 Å². The highest BCUT2D eigenvalue weighted by atomic mass is 16.6. The zero-order valence-corrected chi connectivity index (χ0v) is 16.2. The maximum atomic E-state index is 11.7. The minimum atomic E-state index is -0.608. The fraction of sp³-hybridized carbons (Fsp3) is 0.421. The van der Waals surface area contributed by atoms with Crippen LogP contribution in [0.1, 0.15) is 52.7 Å². The fourth-order valence-corrected chi connectivity index (χ4v) is 1.64. The number of carbonyl (C=O) groups is 2. The monoisotopic (exact) mass is 360 g/mol. The summed E-state index contributed by atoms with van der Waals surface area (Å²) in [6, 6.07) is 7.50. The van der Waals surface area contributed by atoms with Gasteiger partial charge in [-0.2, -0.15) is 5.10 Å². The van der Waals surface area contributed by atoms with Crippen LogP contribution in [-0.4, -0.2) is 23.8 Å². The maximum absolute atomic E-state index is 11.7. The predicted molar refractivity (Wildman–Crippen MR) is 103 cm³/mol. The van der Waals surface area contributed by atoms with Crippen LogP contribution >= 0.6 is 0 Å². The third-order valence-electron chi connectivity index (χ3n) is 2.91. The topological polar surface area (TPSA) is 91.8 Å². The Morgan fingerprint density at radius 2 is 1.73 bits per heavy atom. The molecule has 0 aliphatic rings. The highest BCUT2D eigenvalue weighted by Gasteiger charge is 2.20. The molecule has 0 aliphatic carbocycles. The van der Waals surface area contributed by atoms with E-state index in [0.29, 0.717) is 0 Å². The second-order valence-corrected chi connectivity index (χ2v) is 7.72. The maximum Gasteiger partial charge on any atom is 0.428 e. The van der Waals surface area contributed by atoms with Crippen molar-refractivity contribution < 1.29 is 14.3 Å². The molecule has 0 spiro atoms. The highest BCUT2D eigenvalue weighted by molar-refractivity contribution is 5.82. The Morgan fingerprint density at radius 1 is 1.08 bits per heavy atom. The van der Waals surface area contributed by atoms with E-state index < -0.39 is 17.1 Å². The lowest BCUT2D eigenvalue weighted by Crippen LogP contribution is -2.41. The number of hydrazine groups is 1. The molecule has 26 heavy (non-hydrogen) atoms. The molecule has 1 aromatic carbocycles. The molecule has 1 rings (SSSR count). The predicted octanol–water partition coefficient (Wildman–Crippen LogP) is 3.18. The molecule has 0 heterocycles. The molecular formula is C19H28N4O3. The van der Waals surface area contributed by atoms with Crippen molar-refractivity contribution in [3.8, 4) is 0 Å². The van der Waals surface area contributed by atoms with Crippen LogP contribution in [0.4, 0.5) is 4.79 Å². The van der Waals surface area contributed by atoms with Crippen molar-refractivity contribution in [1.29, 1.82) is 0 Å². The first-order chi connectivity index (χ1) is 12.0. The summed E-state index contributed by atoms with van der Waals surface area (Å²) in [6.45, 7) is 10.9. The number of amides is 2. The summed E-state index contributed by atoms with van der Waals surface area (Å²) in [5.74, 6) is -0.101. The Kier molecular flexibility index (Phi) is 7.37. The molecule has 3 N–H and O–H groups in total. The first-order valence-corrected chi connectivity index (χ1v) is 8.32. The van der Waals surface area contributed by atoms with E-state index in [0.717, 1.165) is 11.1 Å². The zero-order chi connectivity index (χ0) is 19.8. The standard InChI is InChI=1S/C19H28N4O3/c1-18(2,3)16(24)22-20-11-10-14-8-7-9-15(12-14)13-21-23-17(25)26-19(4,5)6/h7-13,20H,1-6H3,(H,22,24)(H,23,25)/b11-10-,21-13+. The number of nitrogens with zero attached hydrogens (tertiary/aromatic N) is 1. The molecule has 0 aliphatic heterocycles. The van der Waals surface area contributed by atoms with E-state index >= 15 is 0 Å². The quantitative estimate of drug-likeness (QED) is 0.555. The van der Waals surface area contributed by atoms with Crippen LogP contribution in [0.25, 0.3) is 6.08 Å². The SMILES string of the molecule is CC(C)(C)OC(=O)N/N=C/c1cccc(/C=C\NNC(=O)C(C)(C)C)c1. The first kappa shape index (κ1) is 21.2. The van der Waals surface area contributed by atoms with Crippen LogP contribution in [0.5, 0.6) is 0 Å². The zero-order valence-electron chi connectivity index (χ0n) is 16.2. The normalized spacial score (nSPS) is 12.2. The lowest BCUT2D eigenvalue weighted by molar-refractivity contribution is -0.129. The van der Waals surface area contributed by atoms with E-state index in [2.05, 4.69) is 21.4 Å².